The van der Waals surface area contributed by atoms with Crippen molar-refractivity contribution in [3.63, 3.8) is 0 Å². The Morgan fingerprint density at radius 3 is 2.23 bits per heavy atom. The maximum atomic E-state index is 12.9. The molecule has 2 rings (SSSR count). The molecule has 2 N–H and O–H groups in total. The average Bonchev–Trinajstić information content (AvgIpc) is 2.62. The molecular formula is C20H27FIN3O. The van der Waals surface area contributed by atoms with Gasteiger partial charge in [0.25, 0.3) is 0 Å². The van der Waals surface area contributed by atoms with E-state index in [0.717, 1.165) is 16.7 Å². The predicted molar refractivity (Wildman–Crippen MR) is 115 cm³/mol. The summed E-state index contributed by atoms with van der Waals surface area (Å²) >= 11 is 0. The Balaban J connectivity index is 0.00000338. The Morgan fingerprint density at radius 2 is 1.62 bits per heavy atom. The van der Waals surface area contributed by atoms with Gasteiger partial charge in [-0.3, -0.25) is 4.99 Å². The summed E-state index contributed by atoms with van der Waals surface area (Å²) < 4.78 is 18.6. The van der Waals surface area contributed by atoms with Crippen LogP contribution in [0.3, 0.4) is 0 Å². The van der Waals surface area contributed by atoms with Gasteiger partial charge in [-0.05, 0) is 42.7 Å². The Hall–Kier alpha value is -1.67. The minimum Gasteiger partial charge on any atom is -0.374 e. The van der Waals surface area contributed by atoms with Gasteiger partial charge in [0, 0.05) is 20.1 Å². The Bertz CT molecular complexity index is 690. The lowest BCUT2D eigenvalue weighted by Gasteiger charge is -2.13. The second kappa shape index (κ2) is 11.9. The molecule has 2 aromatic rings. The number of halogens is 2. The lowest BCUT2D eigenvalue weighted by Crippen LogP contribution is -2.36. The standard InChI is InChI=1S/C20H26FN3O.HI/c1-15(2)25-14-18-6-4-5-17(11-18)13-24-20(22-3)23-12-16-7-9-19(21)10-8-16;/h4-11,15H,12-14H2,1-3H3,(H2,22,23,24);1H. The third-order valence-electron chi connectivity index (χ3n) is 3.63. The molecule has 4 nitrogen and oxygen atoms in total. The first kappa shape index (κ1) is 22.4. The van der Waals surface area contributed by atoms with Crippen LogP contribution in [0.2, 0.25) is 0 Å². The number of rotatable bonds is 7. The molecule has 0 aliphatic carbocycles. The number of hydrogen-bond acceptors (Lipinski definition) is 2. The fraction of sp³-hybridized carbons (Fsp3) is 0.350. The first-order valence-electron chi connectivity index (χ1n) is 8.45. The van der Waals surface area contributed by atoms with Crippen molar-refractivity contribution in [2.45, 2.75) is 39.6 Å². The zero-order valence-electron chi connectivity index (χ0n) is 15.5. The van der Waals surface area contributed by atoms with E-state index in [9.17, 15) is 4.39 Å². The van der Waals surface area contributed by atoms with Crippen LogP contribution in [0.15, 0.2) is 53.5 Å². The summed E-state index contributed by atoms with van der Waals surface area (Å²) in [5.74, 6) is 0.473. The van der Waals surface area contributed by atoms with Crippen LogP contribution in [0.5, 0.6) is 0 Å². The van der Waals surface area contributed by atoms with Crippen molar-refractivity contribution in [1.29, 1.82) is 0 Å². The molecule has 0 bridgehead atoms. The number of benzene rings is 2. The summed E-state index contributed by atoms with van der Waals surface area (Å²) in [6, 6.07) is 14.7. The van der Waals surface area contributed by atoms with Crippen molar-refractivity contribution >= 4 is 29.9 Å². The van der Waals surface area contributed by atoms with Gasteiger partial charge in [0.15, 0.2) is 5.96 Å². The van der Waals surface area contributed by atoms with Gasteiger partial charge in [-0.2, -0.15) is 0 Å². The molecule has 0 aliphatic rings. The van der Waals surface area contributed by atoms with Crippen LogP contribution < -0.4 is 10.6 Å². The average molecular weight is 471 g/mol. The Labute approximate surface area is 172 Å². The number of nitrogens with zero attached hydrogens (tertiary/aromatic N) is 1. The molecule has 6 heteroatoms. The molecule has 0 saturated heterocycles. The van der Waals surface area contributed by atoms with Crippen molar-refractivity contribution < 1.29 is 9.13 Å². The Kier molecular flexibility index (Phi) is 10.2. The highest BCUT2D eigenvalue weighted by Gasteiger charge is 2.02. The van der Waals surface area contributed by atoms with Gasteiger partial charge >= 0.3 is 0 Å². The van der Waals surface area contributed by atoms with E-state index in [1.807, 2.05) is 19.9 Å². The summed E-state index contributed by atoms with van der Waals surface area (Å²) in [5.41, 5.74) is 3.31. The van der Waals surface area contributed by atoms with Crippen LogP contribution >= 0.6 is 24.0 Å². The van der Waals surface area contributed by atoms with Gasteiger partial charge in [-0.25, -0.2) is 4.39 Å². The van der Waals surface area contributed by atoms with Crippen LogP contribution in [0, 0.1) is 5.82 Å². The summed E-state index contributed by atoms with van der Waals surface area (Å²) in [6.45, 7) is 5.92. The maximum Gasteiger partial charge on any atom is 0.191 e. The molecule has 0 radical (unpaired) electrons. The lowest BCUT2D eigenvalue weighted by molar-refractivity contribution is 0.0657. The van der Waals surface area contributed by atoms with Crippen molar-refractivity contribution in [1.82, 2.24) is 10.6 Å². The summed E-state index contributed by atoms with van der Waals surface area (Å²) in [6.07, 6.45) is 0.219. The number of nitrogens with one attached hydrogen (secondary N) is 2. The molecule has 0 spiro atoms. The van der Waals surface area contributed by atoms with Crippen LogP contribution in [0.25, 0.3) is 0 Å². The minimum atomic E-state index is -0.229. The first-order valence-corrected chi connectivity index (χ1v) is 8.45. The smallest absolute Gasteiger partial charge is 0.191 e. The lowest BCUT2D eigenvalue weighted by atomic mass is 10.1. The number of aliphatic imine (C=N–C) groups is 1. The van der Waals surface area contributed by atoms with Gasteiger partial charge in [0.05, 0.1) is 12.7 Å². The quantitative estimate of drug-likeness (QED) is 0.361. The molecule has 142 valence electrons. The molecule has 0 heterocycles. The molecule has 26 heavy (non-hydrogen) atoms. The molecule has 0 unspecified atom stereocenters. The van der Waals surface area contributed by atoms with E-state index in [2.05, 4.69) is 33.8 Å². The van der Waals surface area contributed by atoms with E-state index in [1.54, 1.807) is 19.2 Å². The normalized spacial score (nSPS) is 11.2. The summed E-state index contributed by atoms with van der Waals surface area (Å²) in [5, 5.41) is 6.51. The van der Waals surface area contributed by atoms with E-state index in [4.69, 9.17) is 4.74 Å². The highest BCUT2D eigenvalue weighted by Crippen LogP contribution is 2.08. The van der Waals surface area contributed by atoms with Crippen molar-refractivity contribution in [2.24, 2.45) is 4.99 Å². The fourth-order valence-electron chi connectivity index (χ4n) is 2.29. The van der Waals surface area contributed by atoms with Crippen LogP contribution in [-0.2, 0) is 24.4 Å². The van der Waals surface area contributed by atoms with E-state index in [0.29, 0.717) is 25.7 Å². The number of guanidine groups is 1. The Morgan fingerprint density at radius 1 is 1.00 bits per heavy atom. The number of hydrogen-bond donors (Lipinski definition) is 2. The van der Waals surface area contributed by atoms with Crippen molar-refractivity contribution in [2.75, 3.05) is 7.05 Å². The second-order valence-corrected chi connectivity index (χ2v) is 6.09. The van der Waals surface area contributed by atoms with Gasteiger partial charge < -0.3 is 15.4 Å². The molecule has 2 aromatic carbocycles. The summed E-state index contributed by atoms with van der Waals surface area (Å²) in [4.78, 5) is 4.21. The largest absolute Gasteiger partial charge is 0.374 e. The zero-order chi connectivity index (χ0) is 18.1. The fourth-order valence-corrected chi connectivity index (χ4v) is 2.29. The van der Waals surface area contributed by atoms with E-state index >= 15 is 0 Å². The zero-order valence-corrected chi connectivity index (χ0v) is 17.8. The third kappa shape index (κ3) is 8.14. The minimum absolute atomic E-state index is 0. The highest BCUT2D eigenvalue weighted by atomic mass is 127. The predicted octanol–water partition coefficient (Wildman–Crippen LogP) is 4.23. The van der Waals surface area contributed by atoms with Crippen molar-refractivity contribution in [3.05, 3.63) is 71.0 Å². The maximum absolute atomic E-state index is 12.9. The van der Waals surface area contributed by atoms with Gasteiger partial charge in [-0.15, -0.1) is 24.0 Å². The molecule has 0 atom stereocenters. The molecule has 0 aromatic heterocycles. The molecular weight excluding hydrogens is 444 g/mol. The van der Waals surface area contributed by atoms with E-state index in [1.165, 1.54) is 12.1 Å². The van der Waals surface area contributed by atoms with E-state index < -0.39 is 0 Å². The van der Waals surface area contributed by atoms with Gasteiger partial charge in [0.1, 0.15) is 5.82 Å². The van der Waals surface area contributed by atoms with Gasteiger partial charge in [-0.1, -0.05) is 36.4 Å². The SMILES string of the molecule is CN=C(NCc1ccc(F)cc1)NCc1cccc(COC(C)C)c1.I. The molecule has 0 amide bonds. The van der Waals surface area contributed by atoms with Crippen molar-refractivity contribution in [3.8, 4) is 0 Å². The van der Waals surface area contributed by atoms with E-state index in [-0.39, 0.29) is 35.9 Å². The summed E-state index contributed by atoms with van der Waals surface area (Å²) in [7, 11) is 1.73. The van der Waals surface area contributed by atoms with Crippen LogP contribution in [0.4, 0.5) is 4.39 Å². The first-order chi connectivity index (χ1) is 12.1. The topological polar surface area (TPSA) is 45.7 Å². The molecule has 0 saturated carbocycles. The second-order valence-electron chi connectivity index (χ2n) is 6.09. The monoisotopic (exact) mass is 471 g/mol. The van der Waals surface area contributed by atoms with Crippen LogP contribution in [-0.4, -0.2) is 19.1 Å². The highest BCUT2D eigenvalue weighted by molar-refractivity contribution is 14.0. The molecule has 0 aliphatic heterocycles. The third-order valence-corrected chi connectivity index (χ3v) is 3.63. The van der Waals surface area contributed by atoms with Crippen LogP contribution in [0.1, 0.15) is 30.5 Å². The van der Waals surface area contributed by atoms with Gasteiger partial charge in [0.2, 0.25) is 0 Å². The number of ether oxygens (including phenoxy) is 1. The molecule has 0 fully saturated rings.